The first kappa shape index (κ1) is 5.95. The zero-order valence-corrected chi connectivity index (χ0v) is 4.00. The third-order valence-corrected chi connectivity index (χ3v) is 0.350. The van der Waals surface area contributed by atoms with E-state index in [0.717, 1.165) is 0 Å². The number of rotatable bonds is 3. The predicted molar refractivity (Wildman–Crippen MR) is 30.0 cm³/mol. The third-order valence-electron chi connectivity index (χ3n) is 0.350. The number of oxime groups is 1. The second kappa shape index (κ2) is 4.95. The average Bonchev–Trinajstić information content (AvgIpc) is 1.69. The SMILES string of the molecule is C=C/C=C\ON=C. The Morgan fingerprint density at radius 3 is 2.71 bits per heavy atom. The molecule has 0 spiro atoms. The van der Waals surface area contributed by atoms with Gasteiger partial charge in [-0.05, 0) is 6.08 Å². The smallest absolute Gasteiger partial charge is 0.122 e. The maximum Gasteiger partial charge on any atom is 0.122 e. The first-order valence-corrected chi connectivity index (χ1v) is 1.81. The summed E-state index contributed by atoms with van der Waals surface area (Å²) in [7, 11) is 0. The summed E-state index contributed by atoms with van der Waals surface area (Å²) in [4.78, 5) is 4.34. The molecule has 0 amide bonds. The minimum atomic E-state index is 1.39. The summed E-state index contributed by atoms with van der Waals surface area (Å²) in [5.74, 6) is 0. The summed E-state index contributed by atoms with van der Waals surface area (Å²) in [5.41, 5.74) is 0. The van der Waals surface area contributed by atoms with Crippen LogP contribution in [0.1, 0.15) is 0 Å². The number of hydrogen-bond donors (Lipinski definition) is 0. The van der Waals surface area contributed by atoms with Crippen LogP contribution in [0.5, 0.6) is 0 Å². The normalized spacial score (nSPS) is 8.57. The molecule has 0 fully saturated rings. The van der Waals surface area contributed by atoms with Crippen molar-refractivity contribution in [3.05, 3.63) is 25.0 Å². The van der Waals surface area contributed by atoms with Gasteiger partial charge in [-0.25, -0.2) is 0 Å². The van der Waals surface area contributed by atoms with Crippen LogP contribution in [-0.2, 0) is 4.84 Å². The van der Waals surface area contributed by atoms with E-state index >= 15 is 0 Å². The molecular weight excluding hydrogens is 90.1 g/mol. The summed E-state index contributed by atoms with van der Waals surface area (Å²) in [6, 6.07) is 0. The van der Waals surface area contributed by atoms with Crippen LogP contribution in [-0.4, -0.2) is 6.72 Å². The number of hydrogen-bond acceptors (Lipinski definition) is 2. The van der Waals surface area contributed by atoms with Crippen molar-refractivity contribution < 1.29 is 4.84 Å². The van der Waals surface area contributed by atoms with Gasteiger partial charge in [-0.1, -0.05) is 17.8 Å². The zero-order chi connectivity index (χ0) is 5.54. The number of nitrogens with zero attached hydrogens (tertiary/aromatic N) is 1. The van der Waals surface area contributed by atoms with E-state index in [0.29, 0.717) is 0 Å². The third kappa shape index (κ3) is 4.95. The molecule has 0 heterocycles. The Balaban J connectivity index is 3.08. The molecule has 0 N–H and O–H groups in total. The highest BCUT2D eigenvalue weighted by Crippen LogP contribution is 1.74. The average molecular weight is 97.1 g/mol. The van der Waals surface area contributed by atoms with E-state index in [1.807, 2.05) is 0 Å². The summed E-state index contributed by atoms with van der Waals surface area (Å²) in [6.45, 7) is 6.48. The van der Waals surface area contributed by atoms with E-state index in [-0.39, 0.29) is 0 Å². The van der Waals surface area contributed by atoms with Gasteiger partial charge in [0.25, 0.3) is 0 Å². The second-order valence-corrected chi connectivity index (χ2v) is 0.799. The minimum absolute atomic E-state index is 1.39. The fourth-order valence-corrected chi connectivity index (χ4v) is 0.134. The highest BCUT2D eigenvalue weighted by atomic mass is 16.6. The lowest BCUT2D eigenvalue weighted by molar-refractivity contribution is 0.272. The monoisotopic (exact) mass is 97.1 g/mol. The van der Waals surface area contributed by atoms with Crippen molar-refractivity contribution in [2.24, 2.45) is 5.16 Å². The Morgan fingerprint density at radius 1 is 1.57 bits per heavy atom. The Labute approximate surface area is 42.8 Å². The van der Waals surface area contributed by atoms with Gasteiger partial charge in [0, 0.05) is 6.72 Å². The van der Waals surface area contributed by atoms with E-state index < -0.39 is 0 Å². The highest BCUT2D eigenvalue weighted by molar-refractivity contribution is 5.21. The van der Waals surface area contributed by atoms with E-state index in [9.17, 15) is 0 Å². The van der Waals surface area contributed by atoms with Gasteiger partial charge in [-0.2, -0.15) is 0 Å². The molecule has 0 atom stereocenters. The predicted octanol–water partition coefficient (Wildman–Crippen LogP) is 1.32. The van der Waals surface area contributed by atoms with Crippen molar-refractivity contribution in [2.75, 3.05) is 0 Å². The summed E-state index contributed by atoms with van der Waals surface area (Å²) in [5, 5.41) is 3.09. The van der Waals surface area contributed by atoms with Crippen LogP contribution in [0.15, 0.2) is 30.1 Å². The van der Waals surface area contributed by atoms with E-state index in [4.69, 9.17) is 0 Å². The van der Waals surface area contributed by atoms with Gasteiger partial charge in [-0.3, -0.25) is 0 Å². The van der Waals surface area contributed by atoms with Gasteiger partial charge in [0.15, 0.2) is 0 Å². The van der Waals surface area contributed by atoms with Gasteiger partial charge in [0.1, 0.15) is 6.26 Å². The molecule has 7 heavy (non-hydrogen) atoms. The molecule has 0 aromatic rings. The van der Waals surface area contributed by atoms with Gasteiger partial charge in [0.05, 0.1) is 0 Å². The molecule has 0 aliphatic rings. The Bertz CT molecular complexity index is 86.1. The van der Waals surface area contributed by atoms with E-state index in [1.54, 1.807) is 12.2 Å². The topological polar surface area (TPSA) is 21.6 Å². The maximum absolute atomic E-state index is 4.34. The summed E-state index contributed by atoms with van der Waals surface area (Å²) in [6.07, 6.45) is 4.60. The van der Waals surface area contributed by atoms with Gasteiger partial charge in [-0.15, -0.1) is 0 Å². The van der Waals surface area contributed by atoms with Crippen molar-refractivity contribution in [3.63, 3.8) is 0 Å². The summed E-state index contributed by atoms with van der Waals surface area (Å²) >= 11 is 0. The van der Waals surface area contributed by atoms with Crippen molar-refractivity contribution in [1.29, 1.82) is 0 Å². The van der Waals surface area contributed by atoms with Crippen LogP contribution in [0.2, 0.25) is 0 Å². The molecule has 0 aliphatic carbocycles. The van der Waals surface area contributed by atoms with E-state index in [1.165, 1.54) is 6.26 Å². The van der Waals surface area contributed by atoms with Crippen LogP contribution >= 0.6 is 0 Å². The minimum Gasteiger partial charge on any atom is -0.365 e. The molecule has 38 valence electrons. The van der Waals surface area contributed by atoms with Crippen LogP contribution in [0.4, 0.5) is 0 Å². The first-order chi connectivity index (χ1) is 3.41. The lowest BCUT2D eigenvalue weighted by atomic mass is 10.6. The molecule has 0 radical (unpaired) electrons. The van der Waals surface area contributed by atoms with Crippen molar-refractivity contribution in [1.82, 2.24) is 0 Å². The molecule has 0 saturated carbocycles. The van der Waals surface area contributed by atoms with Crippen LogP contribution in [0.3, 0.4) is 0 Å². The molecule has 0 bridgehead atoms. The fourth-order valence-electron chi connectivity index (χ4n) is 0.134. The van der Waals surface area contributed by atoms with Gasteiger partial charge >= 0.3 is 0 Å². The molecule has 2 nitrogen and oxygen atoms in total. The summed E-state index contributed by atoms with van der Waals surface area (Å²) < 4.78 is 0. The molecule has 0 rings (SSSR count). The van der Waals surface area contributed by atoms with Crippen LogP contribution in [0, 0.1) is 0 Å². The standard InChI is InChI=1S/C5H7NO/c1-3-4-5-7-6-2/h3-5H,1-2H2/b5-4-. The lowest BCUT2D eigenvalue weighted by Gasteiger charge is -1.78. The van der Waals surface area contributed by atoms with Gasteiger partial charge in [0.2, 0.25) is 0 Å². The highest BCUT2D eigenvalue weighted by Gasteiger charge is 1.57. The zero-order valence-electron chi connectivity index (χ0n) is 4.00. The van der Waals surface area contributed by atoms with Crippen molar-refractivity contribution >= 4 is 6.72 Å². The molecule has 0 unspecified atom stereocenters. The van der Waals surface area contributed by atoms with Gasteiger partial charge < -0.3 is 4.84 Å². The van der Waals surface area contributed by atoms with E-state index in [2.05, 4.69) is 23.3 Å². The Morgan fingerprint density at radius 2 is 2.29 bits per heavy atom. The molecular formula is C5H7NO. The molecule has 0 aliphatic heterocycles. The first-order valence-electron chi connectivity index (χ1n) is 1.81. The lowest BCUT2D eigenvalue weighted by Crippen LogP contribution is -1.58. The Hall–Kier alpha value is -1.05. The Kier molecular flexibility index (Phi) is 4.21. The fraction of sp³-hybridized carbons (Fsp3) is 0. The van der Waals surface area contributed by atoms with Crippen molar-refractivity contribution in [3.8, 4) is 0 Å². The molecule has 0 saturated heterocycles. The largest absolute Gasteiger partial charge is 0.365 e. The van der Waals surface area contributed by atoms with Crippen LogP contribution in [0.25, 0.3) is 0 Å². The number of allylic oxidation sites excluding steroid dienone is 2. The quantitative estimate of drug-likeness (QED) is 0.225. The molecule has 0 aromatic heterocycles. The maximum atomic E-state index is 4.34. The van der Waals surface area contributed by atoms with Crippen LogP contribution < -0.4 is 0 Å². The molecule has 2 heteroatoms. The van der Waals surface area contributed by atoms with Crippen molar-refractivity contribution in [2.45, 2.75) is 0 Å². The molecule has 0 aromatic carbocycles. The second-order valence-electron chi connectivity index (χ2n) is 0.799.